The number of Topliss-reactive ketones (excluding diaryl/α,β-unsaturated/α-hetero) is 1. The van der Waals surface area contributed by atoms with Crippen molar-refractivity contribution in [1.82, 2.24) is 0 Å². The van der Waals surface area contributed by atoms with Gasteiger partial charge in [-0.1, -0.05) is 37.8 Å². The number of aromatic hydroxyl groups is 1. The first-order valence-electron chi connectivity index (χ1n) is 5.58. The maximum atomic E-state index is 11.9. The Morgan fingerprint density at radius 2 is 1.93 bits per heavy atom. The van der Waals surface area contributed by atoms with E-state index in [-0.39, 0.29) is 11.5 Å². The van der Waals surface area contributed by atoms with E-state index in [1.54, 1.807) is 24.3 Å². The number of phenolic OH excluding ortho intramolecular Hbond substituents is 1. The molecule has 1 aliphatic carbocycles. The van der Waals surface area contributed by atoms with Crippen molar-refractivity contribution in [3.63, 3.8) is 0 Å². The second-order valence-corrected chi connectivity index (χ2v) is 4.29. The Bertz CT molecular complexity index is 351. The van der Waals surface area contributed by atoms with Gasteiger partial charge in [0, 0.05) is 6.42 Å². The van der Waals surface area contributed by atoms with E-state index in [2.05, 4.69) is 0 Å². The minimum atomic E-state index is 0.0833. The smallest absolute Gasteiger partial charge is 0.166 e. The fourth-order valence-corrected chi connectivity index (χ4v) is 2.30. The maximum absolute atomic E-state index is 11.9. The number of carbonyl (C=O) groups is 1. The highest BCUT2D eigenvalue weighted by Crippen LogP contribution is 2.29. The predicted octanol–water partition coefficient (Wildman–Crippen LogP) is 3.16. The van der Waals surface area contributed by atoms with Gasteiger partial charge in [-0.2, -0.15) is 0 Å². The zero-order valence-corrected chi connectivity index (χ0v) is 8.78. The Morgan fingerprint density at radius 1 is 1.27 bits per heavy atom. The van der Waals surface area contributed by atoms with Gasteiger partial charge in [-0.15, -0.1) is 0 Å². The Labute approximate surface area is 89.9 Å². The van der Waals surface area contributed by atoms with Crippen molar-refractivity contribution >= 4 is 5.78 Å². The van der Waals surface area contributed by atoms with Crippen LogP contribution < -0.4 is 0 Å². The van der Waals surface area contributed by atoms with Crippen molar-refractivity contribution in [2.24, 2.45) is 5.92 Å². The van der Waals surface area contributed by atoms with Crippen LogP contribution in [0.4, 0.5) is 0 Å². The SMILES string of the molecule is O=C(CC1CCCC1)c1ccccc1O. The van der Waals surface area contributed by atoms with E-state index >= 15 is 0 Å². The summed E-state index contributed by atoms with van der Waals surface area (Å²) in [5.41, 5.74) is 0.476. The predicted molar refractivity (Wildman–Crippen MR) is 59.0 cm³/mol. The zero-order chi connectivity index (χ0) is 10.7. The third-order valence-corrected chi connectivity index (χ3v) is 3.15. The normalized spacial score (nSPS) is 16.8. The molecule has 15 heavy (non-hydrogen) atoms. The molecule has 2 nitrogen and oxygen atoms in total. The van der Waals surface area contributed by atoms with Crippen LogP contribution in [0.2, 0.25) is 0 Å². The maximum Gasteiger partial charge on any atom is 0.166 e. The second kappa shape index (κ2) is 4.47. The highest BCUT2D eigenvalue weighted by atomic mass is 16.3. The Balaban J connectivity index is 2.04. The average molecular weight is 204 g/mol. The topological polar surface area (TPSA) is 37.3 Å². The van der Waals surface area contributed by atoms with Crippen molar-refractivity contribution in [2.75, 3.05) is 0 Å². The summed E-state index contributed by atoms with van der Waals surface area (Å²) in [5, 5.41) is 9.53. The van der Waals surface area contributed by atoms with Crippen LogP contribution in [0.25, 0.3) is 0 Å². The zero-order valence-electron chi connectivity index (χ0n) is 8.78. The van der Waals surface area contributed by atoms with Crippen LogP contribution in [0, 0.1) is 5.92 Å². The molecule has 0 saturated heterocycles. The minimum absolute atomic E-state index is 0.0833. The molecule has 0 bridgehead atoms. The van der Waals surface area contributed by atoms with E-state index in [1.165, 1.54) is 25.7 Å². The number of benzene rings is 1. The van der Waals surface area contributed by atoms with Gasteiger partial charge in [-0.05, 0) is 18.1 Å². The van der Waals surface area contributed by atoms with Gasteiger partial charge < -0.3 is 5.11 Å². The molecule has 2 rings (SSSR count). The molecular formula is C13H16O2. The molecular weight excluding hydrogens is 188 g/mol. The summed E-state index contributed by atoms with van der Waals surface area (Å²) in [4.78, 5) is 11.9. The molecule has 2 heteroatoms. The van der Waals surface area contributed by atoms with Gasteiger partial charge in [0.15, 0.2) is 5.78 Å². The Morgan fingerprint density at radius 3 is 2.60 bits per heavy atom. The third kappa shape index (κ3) is 2.38. The molecule has 1 aromatic carbocycles. The van der Waals surface area contributed by atoms with Crippen LogP contribution in [-0.4, -0.2) is 10.9 Å². The Kier molecular flexibility index (Phi) is 3.05. The lowest BCUT2D eigenvalue weighted by molar-refractivity contribution is 0.0959. The summed E-state index contributed by atoms with van der Waals surface area (Å²) >= 11 is 0. The van der Waals surface area contributed by atoms with Crippen LogP contribution in [0.15, 0.2) is 24.3 Å². The van der Waals surface area contributed by atoms with Gasteiger partial charge in [-0.25, -0.2) is 0 Å². The molecule has 0 aliphatic heterocycles. The van der Waals surface area contributed by atoms with Crippen LogP contribution in [-0.2, 0) is 0 Å². The highest BCUT2D eigenvalue weighted by Gasteiger charge is 2.20. The van der Waals surface area contributed by atoms with E-state index in [1.807, 2.05) is 0 Å². The van der Waals surface area contributed by atoms with Crippen LogP contribution in [0.5, 0.6) is 5.75 Å². The van der Waals surface area contributed by atoms with Gasteiger partial charge in [0.2, 0.25) is 0 Å². The molecule has 0 spiro atoms. The third-order valence-electron chi connectivity index (χ3n) is 3.15. The molecule has 80 valence electrons. The number of para-hydroxylation sites is 1. The number of ketones is 1. The number of rotatable bonds is 3. The van der Waals surface area contributed by atoms with E-state index in [0.29, 0.717) is 17.9 Å². The van der Waals surface area contributed by atoms with Crippen LogP contribution in [0.3, 0.4) is 0 Å². The van der Waals surface area contributed by atoms with E-state index in [4.69, 9.17) is 0 Å². The molecule has 0 atom stereocenters. The van der Waals surface area contributed by atoms with E-state index in [0.717, 1.165) is 0 Å². The number of phenols is 1. The van der Waals surface area contributed by atoms with Gasteiger partial charge in [0.25, 0.3) is 0 Å². The fraction of sp³-hybridized carbons (Fsp3) is 0.462. The number of carbonyl (C=O) groups excluding carboxylic acids is 1. The summed E-state index contributed by atoms with van der Waals surface area (Å²) in [6, 6.07) is 6.80. The first-order chi connectivity index (χ1) is 7.27. The van der Waals surface area contributed by atoms with Gasteiger partial charge in [-0.3, -0.25) is 4.79 Å². The van der Waals surface area contributed by atoms with Crippen molar-refractivity contribution in [3.05, 3.63) is 29.8 Å². The van der Waals surface area contributed by atoms with E-state index < -0.39 is 0 Å². The van der Waals surface area contributed by atoms with Crippen LogP contribution >= 0.6 is 0 Å². The summed E-state index contributed by atoms with van der Waals surface area (Å²) < 4.78 is 0. The lowest BCUT2D eigenvalue weighted by Crippen LogP contribution is -2.05. The second-order valence-electron chi connectivity index (χ2n) is 4.29. The largest absolute Gasteiger partial charge is 0.507 e. The highest BCUT2D eigenvalue weighted by molar-refractivity contribution is 5.98. The van der Waals surface area contributed by atoms with Crippen LogP contribution in [0.1, 0.15) is 42.5 Å². The Hall–Kier alpha value is -1.31. The van der Waals surface area contributed by atoms with Gasteiger partial charge >= 0.3 is 0 Å². The summed E-state index contributed by atoms with van der Waals surface area (Å²) in [7, 11) is 0. The van der Waals surface area contributed by atoms with E-state index in [9.17, 15) is 9.90 Å². The van der Waals surface area contributed by atoms with Gasteiger partial charge in [0.1, 0.15) is 5.75 Å². The summed E-state index contributed by atoms with van der Waals surface area (Å²) in [5.74, 6) is 0.734. The molecule has 0 radical (unpaired) electrons. The fourth-order valence-electron chi connectivity index (χ4n) is 2.30. The number of hydrogen-bond donors (Lipinski definition) is 1. The molecule has 1 saturated carbocycles. The number of hydrogen-bond acceptors (Lipinski definition) is 2. The summed E-state index contributed by atoms with van der Waals surface area (Å²) in [6.07, 6.45) is 5.42. The molecule has 0 amide bonds. The van der Waals surface area contributed by atoms with Crippen molar-refractivity contribution in [1.29, 1.82) is 0 Å². The lowest BCUT2D eigenvalue weighted by Gasteiger charge is -2.08. The quantitative estimate of drug-likeness (QED) is 0.768. The molecule has 0 unspecified atom stereocenters. The van der Waals surface area contributed by atoms with Crippen molar-refractivity contribution < 1.29 is 9.90 Å². The molecule has 1 aliphatic rings. The van der Waals surface area contributed by atoms with Gasteiger partial charge in [0.05, 0.1) is 5.56 Å². The molecule has 1 aromatic rings. The van der Waals surface area contributed by atoms with Crippen molar-refractivity contribution in [3.8, 4) is 5.75 Å². The molecule has 0 aromatic heterocycles. The minimum Gasteiger partial charge on any atom is -0.507 e. The molecule has 1 fully saturated rings. The lowest BCUT2D eigenvalue weighted by atomic mass is 9.97. The van der Waals surface area contributed by atoms with Crippen molar-refractivity contribution in [2.45, 2.75) is 32.1 Å². The standard InChI is InChI=1S/C13H16O2/c14-12-8-4-3-7-11(12)13(15)9-10-5-1-2-6-10/h3-4,7-8,10,14H,1-2,5-6,9H2. The molecule has 1 N–H and O–H groups in total. The first-order valence-corrected chi connectivity index (χ1v) is 5.58. The molecule has 0 heterocycles. The monoisotopic (exact) mass is 204 g/mol. The average Bonchev–Trinajstić information content (AvgIpc) is 2.71. The first kappa shape index (κ1) is 10.2. The summed E-state index contributed by atoms with van der Waals surface area (Å²) in [6.45, 7) is 0.